The Morgan fingerprint density at radius 1 is 1.21 bits per heavy atom. The van der Waals surface area contributed by atoms with Crippen molar-refractivity contribution in [1.29, 1.82) is 0 Å². The van der Waals surface area contributed by atoms with E-state index in [1.807, 2.05) is 32.0 Å². The Kier molecular flexibility index (Phi) is 3.37. The first-order valence-electron chi connectivity index (χ1n) is 5.68. The highest BCUT2D eigenvalue weighted by Gasteiger charge is 2.15. The van der Waals surface area contributed by atoms with E-state index < -0.39 is 11.9 Å². The zero-order valence-corrected chi connectivity index (χ0v) is 10.6. The summed E-state index contributed by atoms with van der Waals surface area (Å²) < 4.78 is 4.94. The van der Waals surface area contributed by atoms with Crippen molar-refractivity contribution in [3.8, 4) is 0 Å². The molecule has 0 radical (unpaired) electrons. The third kappa shape index (κ3) is 2.82. The third-order valence-corrected chi connectivity index (χ3v) is 2.71. The lowest BCUT2D eigenvalue weighted by Gasteiger charge is -2.07. The molecule has 98 valence electrons. The molecule has 0 aliphatic heterocycles. The summed E-state index contributed by atoms with van der Waals surface area (Å²) in [6.45, 7) is 3.80. The number of nitrogens with one attached hydrogen (secondary N) is 1. The predicted molar refractivity (Wildman–Crippen MR) is 69.5 cm³/mol. The fourth-order valence-electron chi connectivity index (χ4n) is 1.62. The van der Waals surface area contributed by atoms with Crippen LogP contribution < -0.4 is 5.32 Å². The molecule has 5 nitrogen and oxygen atoms in total. The van der Waals surface area contributed by atoms with E-state index in [4.69, 9.17) is 9.52 Å². The highest BCUT2D eigenvalue weighted by molar-refractivity contribution is 6.04. The van der Waals surface area contributed by atoms with Gasteiger partial charge >= 0.3 is 5.97 Å². The molecule has 5 heteroatoms. The number of rotatable bonds is 3. The Morgan fingerprint density at radius 2 is 1.95 bits per heavy atom. The first-order valence-corrected chi connectivity index (χ1v) is 5.68. The first kappa shape index (κ1) is 12.9. The maximum Gasteiger partial charge on any atom is 0.338 e. The molecule has 2 rings (SSSR count). The normalized spacial score (nSPS) is 10.2. The largest absolute Gasteiger partial charge is 0.478 e. The number of hydrogen-bond acceptors (Lipinski definition) is 3. The summed E-state index contributed by atoms with van der Waals surface area (Å²) in [5, 5.41) is 11.5. The van der Waals surface area contributed by atoms with Gasteiger partial charge in [0.2, 0.25) is 0 Å². The topological polar surface area (TPSA) is 79.5 Å². The second kappa shape index (κ2) is 4.97. The van der Waals surface area contributed by atoms with Crippen molar-refractivity contribution < 1.29 is 19.1 Å². The summed E-state index contributed by atoms with van der Waals surface area (Å²) in [5.41, 5.74) is 2.57. The molecule has 0 aliphatic rings. The minimum atomic E-state index is -1.13. The molecular formula is C14H13NO4. The summed E-state index contributed by atoms with van der Waals surface area (Å²) in [6.07, 6.45) is 1.04. The molecule has 0 saturated heterocycles. The van der Waals surface area contributed by atoms with Crippen LogP contribution in [0, 0.1) is 13.8 Å². The van der Waals surface area contributed by atoms with Gasteiger partial charge in [-0.2, -0.15) is 0 Å². The maximum atomic E-state index is 11.9. The van der Waals surface area contributed by atoms with Gasteiger partial charge in [-0.3, -0.25) is 4.79 Å². The van der Waals surface area contributed by atoms with E-state index in [1.165, 1.54) is 6.07 Å². The van der Waals surface area contributed by atoms with Crippen molar-refractivity contribution >= 4 is 17.6 Å². The van der Waals surface area contributed by atoms with Crippen LogP contribution in [0.1, 0.15) is 32.0 Å². The monoisotopic (exact) mass is 259 g/mol. The molecule has 0 bridgehead atoms. The van der Waals surface area contributed by atoms with Crippen molar-refractivity contribution in [3.05, 3.63) is 53.0 Å². The van der Waals surface area contributed by atoms with E-state index in [0.29, 0.717) is 5.69 Å². The molecule has 1 aromatic heterocycles. The lowest BCUT2D eigenvalue weighted by Crippen LogP contribution is -2.12. The number of carbonyl (C=O) groups excluding carboxylic acids is 1. The second-order valence-electron chi connectivity index (χ2n) is 4.28. The summed E-state index contributed by atoms with van der Waals surface area (Å²) in [6, 6.07) is 6.88. The Bertz CT molecular complexity index is 643. The molecule has 0 fully saturated rings. The lowest BCUT2D eigenvalue weighted by atomic mass is 10.1. The quantitative estimate of drug-likeness (QED) is 0.888. The molecule has 0 saturated carbocycles. The number of anilines is 1. The van der Waals surface area contributed by atoms with Crippen molar-refractivity contribution in [1.82, 2.24) is 0 Å². The van der Waals surface area contributed by atoms with E-state index in [9.17, 15) is 9.59 Å². The zero-order chi connectivity index (χ0) is 14.0. The number of aryl methyl sites for hydroxylation is 2. The van der Waals surface area contributed by atoms with Gasteiger partial charge in [0, 0.05) is 11.8 Å². The van der Waals surface area contributed by atoms with Crippen molar-refractivity contribution in [2.24, 2.45) is 0 Å². The third-order valence-electron chi connectivity index (χ3n) is 2.71. The van der Waals surface area contributed by atoms with Crippen LogP contribution in [0.4, 0.5) is 5.69 Å². The molecule has 0 atom stereocenters. The first-order chi connectivity index (χ1) is 8.97. The summed E-state index contributed by atoms with van der Waals surface area (Å²) >= 11 is 0. The van der Waals surface area contributed by atoms with Crippen LogP contribution >= 0.6 is 0 Å². The van der Waals surface area contributed by atoms with E-state index in [2.05, 4.69) is 5.32 Å². The van der Waals surface area contributed by atoms with Gasteiger partial charge in [-0.15, -0.1) is 0 Å². The van der Waals surface area contributed by atoms with Gasteiger partial charge in [-0.05, 0) is 31.0 Å². The van der Waals surface area contributed by atoms with Crippen LogP contribution in [0.3, 0.4) is 0 Å². The van der Waals surface area contributed by atoms with Crippen LogP contribution in [0.2, 0.25) is 0 Å². The van der Waals surface area contributed by atoms with Crippen molar-refractivity contribution in [2.75, 3.05) is 5.32 Å². The SMILES string of the molecule is Cc1ccc(C)c(NC(=O)c2cc(C(=O)O)co2)c1. The lowest BCUT2D eigenvalue weighted by molar-refractivity contribution is 0.0696. The van der Waals surface area contributed by atoms with E-state index in [0.717, 1.165) is 17.4 Å². The summed E-state index contributed by atoms with van der Waals surface area (Å²) in [5.74, 6) is -1.63. The number of benzene rings is 1. The number of carboxylic acid groups (broad SMARTS) is 1. The summed E-state index contributed by atoms with van der Waals surface area (Å²) in [4.78, 5) is 22.6. The van der Waals surface area contributed by atoms with Crippen molar-refractivity contribution in [2.45, 2.75) is 13.8 Å². The Morgan fingerprint density at radius 3 is 2.58 bits per heavy atom. The van der Waals surface area contributed by atoms with Crippen LogP contribution in [0.25, 0.3) is 0 Å². The molecule has 1 aromatic carbocycles. The van der Waals surface area contributed by atoms with Crippen LogP contribution in [-0.4, -0.2) is 17.0 Å². The van der Waals surface area contributed by atoms with Crippen molar-refractivity contribution in [3.63, 3.8) is 0 Å². The van der Waals surface area contributed by atoms with Gasteiger partial charge in [-0.1, -0.05) is 12.1 Å². The van der Waals surface area contributed by atoms with E-state index in [-0.39, 0.29) is 11.3 Å². The molecule has 1 amide bonds. The summed E-state index contributed by atoms with van der Waals surface area (Å²) in [7, 11) is 0. The molecule has 0 aliphatic carbocycles. The fourth-order valence-corrected chi connectivity index (χ4v) is 1.62. The van der Waals surface area contributed by atoms with E-state index in [1.54, 1.807) is 0 Å². The minimum Gasteiger partial charge on any atom is -0.478 e. The zero-order valence-electron chi connectivity index (χ0n) is 10.6. The number of furan rings is 1. The molecular weight excluding hydrogens is 246 g/mol. The number of carbonyl (C=O) groups is 2. The Balaban J connectivity index is 2.20. The molecule has 19 heavy (non-hydrogen) atoms. The Hall–Kier alpha value is -2.56. The molecule has 2 N–H and O–H groups in total. The number of amides is 1. The maximum absolute atomic E-state index is 11.9. The molecule has 0 spiro atoms. The predicted octanol–water partition coefficient (Wildman–Crippen LogP) is 2.85. The van der Waals surface area contributed by atoms with Crippen LogP contribution in [0.5, 0.6) is 0 Å². The average Bonchev–Trinajstić information content (AvgIpc) is 2.83. The Labute approximate surface area is 109 Å². The molecule has 1 heterocycles. The highest BCUT2D eigenvalue weighted by Crippen LogP contribution is 2.18. The number of carboxylic acids is 1. The second-order valence-corrected chi connectivity index (χ2v) is 4.28. The van der Waals surface area contributed by atoms with Gasteiger partial charge in [0.15, 0.2) is 5.76 Å². The highest BCUT2D eigenvalue weighted by atomic mass is 16.4. The molecule has 2 aromatic rings. The van der Waals surface area contributed by atoms with Crippen LogP contribution in [-0.2, 0) is 0 Å². The molecule has 0 unspecified atom stereocenters. The number of aromatic carboxylic acids is 1. The van der Waals surface area contributed by atoms with Gasteiger partial charge in [-0.25, -0.2) is 4.79 Å². The number of hydrogen-bond donors (Lipinski definition) is 2. The van der Waals surface area contributed by atoms with Gasteiger partial charge in [0.05, 0.1) is 5.56 Å². The average molecular weight is 259 g/mol. The smallest absolute Gasteiger partial charge is 0.338 e. The standard InChI is InChI=1S/C14H13NO4/c1-8-3-4-9(2)11(5-8)15-13(16)12-6-10(7-19-12)14(17)18/h3-7H,1-2H3,(H,15,16)(H,17,18). The van der Waals surface area contributed by atoms with Gasteiger partial charge in [0.25, 0.3) is 5.91 Å². The fraction of sp³-hybridized carbons (Fsp3) is 0.143. The van der Waals surface area contributed by atoms with Gasteiger partial charge < -0.3 is 14.8 Å². The minimum absolute atomic E-state index is 0.0293. The van der Waals surface area contributed by atoms with E-state index >= 15 is 0 Å². The van der Waals surface area contributed by atoms with Crippen LogP contribution in [0.15, 0.2) is 34.9 Å². The van der Waals surface area contributed by atoms with Gasteiger partial charge in [0.1, 0.15) is 6.26 Å².